The summed E-state index contributed by atoms with van der Waals surface area (Å²) in [7, 11) is 0. The number of carbonyl (C=O) groups excluding carboxylic acids is 2. The van der Waals surface area contributed by atoms with Crippen molar-refractivity contribution >= 4 is 17.5 Å². The van der Waals surface area contributed by atoms with Crippen molar-refractivity contribution < 1.29 is 14.0 Å². The first kappa shape index (κ1) is 20.1. The molecule has 1 unspecified atom stereocenters. The fourth-order valence-corrected chi connectivity index (χ4v) is 3.49. The number of anilines is 1. The molecule has 2 heterocycles. The van der Waals surface area contributed by atoms with Gasteiger partial charge in [-0.05, 0) is 63.5 Å². The van der Waals surface area contributed by atoms with Crippen LogP contribution in [0.5, 0.6) is 0 Å². The fraction of sp³-hybridized carbons (Fsp3) is 0.455. The maximum absolute atomic E-state index is 12.3. The molecule has 0 radical (unpaired) electrons. The van der Waals surface area contributed by atoms with Crippen LogP contribution in [0.2, 0.25) is 0 Å². The van der Waals surface area contributed by atoms with Crippen LogP contribution < -0.4 is 10.6 Å². The summed E-state index contributed by atoms with van der Waals surface area (Å²) in [4.78, 5) is 26.7. The summed E-state index contributed by atoms with van der Waals surface area (Å²) < 4.78 is 5.78. The van der Waals surface area contributed by atoms with Gasteiger partial charge in [-0.15, -0.1) is 0 Å². The molecule has 1 aromatic carbocycles. The quantitative estimate of drug-likeness (QED) is 0.761. The predicted molar refractivity (Wildman–Crippen MR) is 109 cm³/mol. The van der Waals surface area contributed by atoms with Crippen molar-refractivity contribution in [3.8, 4) is 0 Å². The first-order valence-corrected chi connectivity index (χ1v) is 10.0. The Labute approximate surface area is 166 Å². The van der Waals surface area contributed by atoms with Crippen molar-refractivity contribution in [3.63, 3.8) is 0 Å². The zero-order chi connectivity index (χ0) is 19.9. The molecule has 1 aliphatic rings. The molecule has 0 saturated carbocycles. The number of furan rings is 1. The van der Waals surface area contributed by atoms with Gasteiger partial charge in [0.2, 0.25) is 5.91 Å². The third-order valence-corrected chi connectivity index (χ3v) is 5.26. The highest BCUT2D eigenvalue weighted by Gasteiger charge is 2.22. The fourth-order valence-electron chi connectivity index (χ4n) is 3.49. The lowest BCUT2D eigenvalue weighted by atomic mass is 10.1. The Morgan fingerprint density at radius 3 is 2.61 bits per heavy atom. The van der Waals surface area contributed by atoms with Gasteiger partial charge in [0.1, 0.15) is 5.76 Å². The summed E-state index contributed by atoms with van der Waals surface area (Å²) in [5.41, 5.74) is 1.80. The summed E-state index contributed by atoms with van der Waals surface area (Å²) >= 11 is 0. The molecule has 1 saturated heterocycles. The zero-order valence-corrected chi connectivity index (χ0v) is 16.7. The highest BCUT2D eigenvalue weighted by molar-refractivity contribution is 5.93. The molecular weight excluding hydrogens is 354 g/mol. The number of piperidine rings is 1. The van der Waals surface area contributed by atoms with Crippen molar-refractivity contribution in [3.05, 3.63) is 53.5 Å². The first-order valence-electron chi connectivity index (χ1n) is 10.0. The zero-order valence-electron chi connectivity index (χ0n) is 16.7. The van der Waals surface area contributed by atoms with Crippen molar-refractivity contribution in [1.29, 1.82) is 0 Å². The van der Waals surface area contributed by atoms with E-state index in [0.717, 1.165) is 30.1 Å². The van der Waals surface area contributed by atoms with E-state index in [2.05, 4.69) is 22.5 Å². The number of likely N-dealkylation sites (tertiary alicyclic amines) is 1. The van der Waals surface area contributed by atoms with Crippen molar-refractivity contribution in [1.82, 2.24) is 10.2 Å². The van der Waals surface area contributed by atoms with Gasteiger partial charge in [0.05, 0.1) is 6.04 Å². The Balaban J connectivity index is 1.45. The first-order chi connectivity index (χ1) is 13.5. The number of rotatable bonds is 7. The maximum Gasteiger partial charge on any atom is 0.287 e. The topological polar surface area (TPSA) is 74.6 Å². The number of nitrogens with zero attached hydrogens (tertiary/aromatic N) is 1. The van der Waals surface area contributed by atoms with Crippen LogP contribution in [0.15, 0.2) is 40.8 Å². The normalized spacial score (nSPS) is 15.8. The maximum atomic E-state index is 12.3. The standard InChI is InChI=1S/C22H29N3O3/c1-16-8-4-5-9-18(16)24-21(26)12-13-23-22(27)20-11-10-19(28-20)17(2)25-14-6-3-7-15-25/h4-5,8-11,17H,3,6-7,12-15H2,1-2H3,(H,23,27)(H,24,26). The molecule has 1 fully saturated rings. The molecule has 0 aliphatic carbocycles. The van der Waals surface area contributed by atoms with Gasteiger partial charge in [-0.3, -0.25) is 14.5 Å². The van der Waals surface area contributed by atoms with Crippen molar-refractivity contribution in [2.45, 2.75) is 45.6 Å². The molecular formula is C22H29N3O3. The third kappa shape index (κ3) is 5.23. The Hall–Kier alpha value is -2.60. The molecule has 6 nitrogen and oxygen atoms in total. The molecule has 28 heavy (non-hydrogen) atoms. The predicted octanol–water partition coefficient (Wildman–Crippen LogP) is 3.89. The number of aryl methyl sites for hydroxylation is 1. The van der Waals surface area contributed by atoms with E-state index in [9.17, 15) is 9.59 Å². The smallest absolute Gasteiger partial charge is 0.287 e. The van der Waals surface area contributed by atoms with Crippen LogP contribution >= 0.6 is 0 Å². The molecule has 1 aromatic heterocycles. The van der Waals surface area contributed by atoms with Crippen LogP contribution in [-0.4, -0.2) is 36.3 Å². The highest BCUT2D eigenvalue weighted by Crippen LogP contribution is 2.25. The molecule has 2 N–H and O–H groups in total. The SMILES string of the molecule is Cc1ccccc1NC(=O)CCNC(=O)c1ccc(C(C)N2CCCCC2)o1. The number of carbonyl (C=O) groups is 2. The van der Waals surface area contributed by atoms with Crippen LogP contribution in [0.1, 0.15) is 60.5 Å². The second kappa shape index (κ2) is 9.55. The molecule has 0 spiro atoms. The van der Waals surface area contributed by atoms with E-state index in [4.69, 9.17) is 4.42 Å². The number of nitrogens with one attached hydrogen (secondary N) is 2. The van der Waals surface area contributed by atoms with E-state index in [-0.39, 0.29) is 36.6 Å². The Morgan fingerprint density at radius 2 is 1.86 bits per heavy atom. The summed E-state index contributed by atoms with van der Waals surface area (Å²) in [6, 6.07) is 11.4. The lowest BCUT2D eigenvalue weighted by molar-refractivity contribution is -0.116. The monoisotopic (exact) mass is 383 g/mol. The minimum atomic E-state index is -0.291. The van der Waals surface area contributed by atoms with Gasteiger partial charge < -0.3 is 15.1 Å². The van der Waals surface area contributed by atoms with Gasteiger partial charge in [-0.2, -0.15) is 0 Å². The number of benzene rings is 1. The van der Waals surface area contributed by atoms with E-state index in [1.54, 1.807) is 6.07 Å². The second-order valence-electron chi connectivity index (χ2n) is 7.34. The van der Waals surface area contributed by atoms with E-state index in [0.29, 0.717) is 0 Å². The Morgan fingerprint density at radius 1 is 1.11 bits per heavy atom. The molecule has 2 aromatic rings. The molecule has 150 valence electrons. The number of hydrogen-bond acceptors (Lipinski definition) is 4. The van der Waals surface area contributed by atoms with Crippen molar-refractivity contribution in [2.24, 2.45) is 0 Å². The summed E-state index contributed by atoms with van der Waals surface area (Å²) in [6.07, 6.45) is 3.91. The highest BCUT2D eigenvalue weighted by atomic mass is 16.4. The average molecular weight is 383 g/mol. The van der Waals surface area contributed by atoms with Crippen LogP contribution in [0, 0.1) is 6.92 Å². The van der Waals surface area contributed by atoms with Crippen LogP contribution in [0.25, 0.3) is 0 Å². The van der Waals surface area contributed by atoms with Gasteiger partial charge in [0.25, 0.3) is 5.91 Å². The van der Waals surface area contributed by atoms with Gasteiger partial charge in [-0.1, -0.05) is 24.6 Å². The lowest BCUT2D eigenvalue weighted by Gasteiger charge is -2.31. The van der Waals surface area contributed by atoms with Crippen molar-refractivity contribution in [2.75, 3.05) is 25.0 Å². The van der Waals surface area contributed by atoms with Gasteiger partial charge >= 0.3 is 0 Å². The second-order valence-corrected chi connectivity index (χ2v) is 7.34. The summed E-state index contributed by atoms with van der Waals surface area (Å²) in [6.45, 7) is 6.45. The van der Waals surface area contributed by atoms with Crippen LogP contribution in [-0.2, 0) is 4.79 Å². The molecule has 2 amide bonds. The van der Waals surface area contributed by atoms with Gasteiger partial charge in [-0.25, -0.2) is 0 Å². The molecule has 1 atom stereocenters. The van der Waals surface area contributed by atoms with Crippen LogP contribution in [0.4, 0.5) is 5.69 Å². The van der Waals surface area contributed by atoms with E-state index < -0.39 is 0 Å². The summed E-state index contributed by atoms with van der Waals surface area (Å²) in [5, 5.41) is 5.61. The average Bonchev–Trinajstić information content (AvgIpc) is 3.20. The molecule has 6 heteroatoms. The summed E-state index contributed by atoms with van der Waals surface area (Å²) in [5.74, 6) is 0.678. The molecule has 0 bridgehead atoms. The van der Waals surface area contributed by atoms with Gasteiger partial charge in [0, 0.05) is 18.7 Å². The van der Waals surface area contributed by atoms with E-state index >= 15 is 0 Å². The number of amides is 2. The molecule has 1 aliphatic heterocycles. The Bertz CT molecular complexity index is 809. The minimum Gasteiger partial charge on any atom is -0.454 e. The van der Waals surface area contributed by atoms with E-state index in [1.165, 1.54) is 19.3 Å². The Kier molecular flexibility index (Phi) is 6.87. The largest absolute Gasteiger partial charge is 0.454 e. The number of para-hydroxylation sites is 1. The minimum absolute atomic E-state index is 0.131. The number of hydrogen-bond donors (Lipinski definition) is 2. The van der Waals surface area contributed by atoms with E-state index in [1.807, 2.05) is 37.3 Å². The third-order valence-electron chi connectivity index (χ3n) is 5.26. The van der Waals surface area contributed by atoms with Crippen LogP contribution in [0.3, 0.4) is 0 Å². The molecule has 3 rings (SSSR count). The van der Waals surface area contributed by atoms with Gasteiger partial charge in [0.15, 0.2) is 5.76 Å². The lowest BCUT2D eigenvalue weighted by Crippen LogP contribution is -2.32.